The molecule has 0 spiro atoms. The monoisotopic (exact) mass is 415 g/mol. The van der Waals surface area contributed by atoms with Crippen molar-refractivity contribution in [2.75, 3.05) is 0 Å². The maximum atomic E-state index is 9.24. The summed E-state index contributed by atoms with van der Waals surface area (Å²) in [5.74, 6) is 0.878. The molecule has 0 aromatic heterocycles. The van der Waals surface area contributed by atoms with Gasteiger partial charge in [0, 0.05) is 11.6 Å². The Labute approximate surface area is 189 Å². The van der Waals surface area contributed by atoms with Crippen LogP contribution in [-0.4, -0.2) is 0 Å². The summed E-state index contributed by atoms with van der Waals surface area (Å²) in [4.78, 5) is 0. The molecule has 164 valence electrons. The van der Waals surface area contributed by atoms with E-state index in [2.05, 4.69) is 77.1 Å². The van der Waals surface area contributed by atoms with Gasteiger partial charge in [-0.3, -0.25) is 0 Å². The average molecular weight is 416 g/mol. The lowest BCUT2D eigenvalue weighted by atomic mass is 9.62. The van der Waals surface area contributed by atoms with Gasteiger partial charge in [-0.25, -0.2) is 0 Å². The minimum absolute atomic E-state index is 0.120. The van der Waals surface area contributed by atoms with Crippen molar-refractivity contribution in [1.29, 1.82) is 5.26 Å². The van der Waals surface area contributed by atoms with Crippen molar-refractivity contribution in [3.63, 3.8) is 0 Å². The Balaban J connectivity index is 1.95. The maximum absolute atomic E-state index is 9.24. The van der Waals surface area contributed by atoms with Crippen molar-refractivity contribution in [1.82, 2.24) is 0 Å². The molecule has 1 aliphatic rings. The van der Waals surface area contributed by atoms with Crippen molar-refractivity contribution in [3.05, 3.63) is 70.3 Å². The molecule has 2 aromatic carbocycles. The van der Waals surface area contributed by atoms with Gasteiger partial charge in [0.2, 0.25) is 0 Å². The topological polar surface area (TPSA) is 33.0 Å². The highest BCUT2D eigenvalue weighted by Gasteiger charge is 2.38. The zero-order valence-corrected chi connectivity index (χ0v) is 20.1. The zero-order chi connectivity index (χ0) is 22.6. The number of ether oxygens (including phenoxy) is 1. The van der Waals surface area contributed by atoms with Gasteiger partial charge in [0.25, 0.3) is 0 Å². The fraction of sp³-hybridized carbons (Fsp3) is 0.483. The van der Waals surface area contributed by atoms with E-state index in [1.54, 1.807) is 6.08 Å². The van der Waals surface area contributed by atoms with E-state index in [4.69, 9.17) is 4.74 Å². The van der Waals surface area contributed by atoms with Gasteiger partial charge in [-0.2, -0.15) is 5.26 Å². The van der Waals surface area contributed by atoms with E-state index >= 15 is 0 Å². The van der Waals surface area contributed by atoms with Crippen molar-refractivity contribution in [2.24, 2.45) is 0 Å². The second-order valence-electron chi connectivity index (χ2n) is 10.3. The number of nitrogens with zero attached hydrogens (tertiary/aromatic N) is 1. The van der Waals surface area contributed by atoms with Crippen molar-refractivity contribution < 1.29 is 4.74 Å². The molecule has 0 heterocycles. The van der Waals surface area contributed by atoms with Crippen molar-refractivity contribution >= 4 is 5.57 Å². The van der Waals surface area contributed by atoms with Crippen LogP contribution in [0.25, 0.3) is 5.57 Å². The molecule has 31 heavy (non-hydrogen) atoms. The number of benzene rings is 2. The zero-order valence-electron chi connectivity index (χ0n) is 20.1. The van der Waals surface area contributed by atoms with E-state index in [1.807, 2.05) is 6.92 Å². The van der Waals surface area contributed by atoms with Crippen molar-refractivity contribution in [3.8, 4) is 11.8 Å². The van der Waals surface area contributed by atoms with Gasteiger partial charge in [0.1, 0.15) is 12.4 Å². The first-order chi connectivity index (χ1) is 14.7. The molecule has 0 radical (unpaired) electrons. The molecule has 0 fully saturated rings. The lowest BCUT2D eigenvalue weighted by Crippen LogP contribution is -2.34. The molecular weight excluding hydrogens is 378 g/mol. The minimum Gasteiger partial charge on any atom is -0.488 e. The van der Waals surface area contributed by atoms with Crippen LogP contribution in [0.1, 0.15) is 95.0 Å². The second-order valence-corrected chi connectivity index (χ2v) is 10.3. The summed E-state index contributed by atoms with van der Waals surface area (Å²) in [6.45, 7) is 14.1. The Morgan fingerprint density at radius 1 is 1.00 bits per heavy atom. The van der Waals surface area contributed by atoms with Gasteiger partial charge < -0.3 is 4.74 Å². The van der Waals surface area contributed by atoms with Crippen LogP contribution in [0.4, 0.5) is 0 Å². The molecule has 0 amide bonds. The molecule has 0 N–H and O–H groups in total. The van der Waals surface area contributed by atoms with Gasteiger partial charge in [-0.15, -0.1) is 0 Å². The first-order valence-corrected chi connectivity index (χ1v) is 11.6. The van der Waals surface area contributed by atoms with Gasteiger partial charge in [0.05, 0.1) is 6.07 Å². The molecule has 0 saturated heterocycles. The third kappa shape index (κ3) is 5.21. The summed E-state index contributed by atoms with van der Waals surface area (Å²) in [7, 11) is 0. The van der Waals surface area contributed by atoms with Crippen LogP contribution in [0.2, 0.25) is 0 Å². The fourth-order valence-electron chi connectivity index (χ4n) is 4.54. The van der Waals surface area contributed by atoms with Gasteiger partial charge >= 0.3 is 0 Å². The summed E-state index contributed by atoms with van der Waals surface area (Å²) in [6, 6.07) is 15.5. The highest BCUT2D eigenvalue weighted by atomic mass is 16.5. The molecule has 2 nitrogen and oxygen atoms in total. The molecule has 3 rings (SSSR count). The van der Waals surface area contributed by atoms with E-state index in [0.717, 1.165) is 36.1 Å². The Kier molecular flexibility index (Phi) is 6.95. The maximum Gasteiger partial charge on any atom is 0.127 e. The van der Waals surface area contributed by atoms with Gasteiger partial charge in [-0.1, -0.05) is 65.3 Å². The summed E-state index contributed by atoms with van der Waals surface area (Å²) >= 11 is 0. The Bertz CT molecular complexity index is 987. The van der Waals surface area contributed by atoms with Crippen LogP contribution < -0.4 is 4.74 Å². The molecule has 0 bridgehead atoms. The van der Waals surface area contributed by atoms with E-state index in [9.17, 15) is 5.26 Å². The Morgan fingerprint density at radius 2 is 1.58 bits per heavy atom. The molecule has 0 atom stereocenters. The molecule has 0 unspecified atom stereocenters. The quantitative estimate of drug-likeness (QED) is 0.431. The lowest BCUT2D eigenvalue weighted by molar-refractivity contribution is 0.298. The van der Waals surface area contributed by atoms with Crippen LogP contribution in [0.3, 0.4) is 0 Å². The smallest absolute Gasteiger partial charge is 0.127 e. The van der Waals surface area contributed by atoms with Gasteiger partial charge in [0.15, 0.2) is 0 Å². The largest absolute Gasteiger partial charge is 0.488 e. The third-order valence-corrected chi connectivity index (χ3v) is 6.90. The number of rotatable bonds is 7. The van der Waals surface area contributed by atoms with Crippen molar-refractivity contribution in [2.45, 2.75) is 91.1 Å². The first kappa shape index (κ1) is 23.1. The molecule has 2 heteroatoms. The van der Waals surface area contributed by atoms with E-state index < -0.39 is 0 Å². The Morgan fingerprint density at radius 3 is 2.16 bits per heavy atom. The van der Waals surface area contributed by atoms with E-state index in [1.165, 1.54) is 35.1 Å². The number of aryl methyl sites for hydroxylation is 1. The van der Waals surface area contributed by atoms with Crippen LogP contribution in [0, 0.1) is 11.3 Å². The number of allylic oxidation sites excluding steroid dienone is 2. The molecular formula is C29H37NO. The SMILES string of the molecule is CCCCc1ccc(COc2cc3c(cc2C(C)=CC#N)C(C)(C)CCC3(C)C)cc1. The second kappa shape index (κ2) is 9.31. The fourth-order valence-corrected chi connectivity index (χ4v) is 4.54. The highest BCUT2D eigenvalue weighted by Crippen LogP contribution is 2.48. The average Bonchev–Trinajstić information content (AvgIpc) is 2.74. The summed E-state index contributed by atoms with van der Waals surface area (Å²) < 4.78 is 6.39. The predicted octanol–water partition coefficient (Wildman–Crippen LogP) is 7.88. The van der Waals surface area contributed by atoms with E-state index in [0.29, 0.717) is 6.61 Å². The molecule has 2 aromatic rings. The number of hydrogen-bond acceptors (Lipinski definition) is 2. The summed E-state index contributed by atoms with van der Waals surface area (Å²) in [5, 5.41) is 9.24. The Hall–Kier alpha value is -2.53. The molecule has 0 saturated carbocycles. The number of unbranched alkanes of at least 4 members (excludes halogenated alkanes) is 1. The van der Waals surface area contributed by atoms with Crippen LogP contribution in [0.5, 0.6) is 5.75 Å². The summed E-state index contributed by atoms with van der Waals surface area (Å²) in [6.07, 6.45) is 7.53. The number of fused-ring (bicyclic) bond motifs is 1. The minimum atomic E-state index is 0.120. The lowest BCUT2D eigenvalue weighted by Gasteiger charge is -2.42. The standard InChI is InChI=1S/C29H37NO/c1-7-8-9-22-10-12-23(13-11-22)20-31-27-19-26-25(18-24(27)21(2)14-17-30)28(3,4)15-16-29(26,5)6/h10-14,18-19H,7-9,15-16,20H2,1-6H3. The van der Waals surface area contributed by atoms with Gasteiger partial charge in [-0.05, 0) is 83.4 Å². The van der Waals surface area contributed by atoms with Crippen LogP contribution in [0.15, 0.2) is 42.5 Å². The molecule has 1 aliphatic carbocycles. The van der Waals surface area contributed by atoms with E-state index in [-0.39, 0.29) is 10.8 Å². The number of hydrogen-bond donors (Lipinski definition) is 0. The van der Waals surface area contributed by atoms with Crippen LogP contribution >= 0.6 is 0 Å². The third-order valence-electron chi connectivity index (χ3n) is 6.90. The summed E-state index contributed by atoms with van der Waals surface area (Å²) in [5.41, 5.74) is 7.55. The first-order valence-electron chi connectivity index (χ1n) is 11.6. The number of nitriles is 1. The van der Waals surface area contributed by atoms with Crippen LogP contribution in [-0.2, 0) is 23.9 Å². The predicted molar refractivity (Wildman–Crippen MR) is 130 cm³/mol. The highest BCUT2D eigenvalue weighted by molar-refractivity contribution is 5.73. The molecule has 0 aliphatic heterocycles. The normalized spacial score (nSPS) is 17.0.